The van der Waals surface area contributed by atoms with Crippen molar-refractivity contribution in [2.75, 3.05) is 0 Å². The maximum atomic E-state index is 10.5. The minimum absolute atomic E-state index is 0.465. The van der Waals surface area contributed by atoms with Crippen LogP contribution >= 0.6 is 0 Å². The molecule has 0 aromatic rings. The summed E-state index contributed by atoms with van der Waals surface area (Å²) in [5.74, 6) is 0. The van der Waals surface area contributed by atoms with Crippen molar-refractivity contribution in [3.8, 4) is 0 Å². The summed E-state index contributed by atoms with van der Waals surface area (Å²) in [5.41, 5.74) is 0. The van der Waals surface area contributed by atoms with Crippen molar-refractivity contribution in [1.82, 2.24) is 0 Å². The molecule has 5 heteroatoms. The van der Waals surface area contributed by atoms with Crippen LogP contribution in [0.2, 0.25) is 0 Å². The van der Waals surface area contributed by atoms with Crippen molar-refractivity contribution in [3.63, 3.8) is 0 Å². The molecule has 52 valence electrons. The van der Waals surface area contributed by atoms with Gasteiger partial charge in [0, 0.05) is 0 Å². The molecule has 0 bridgehead atoms. The molecule has 0 aliphatic carbocycles. The van der Waals surface area contributed by atoms with Gasteiger partial charge < -0.3 is 0 Å². The molecule has 0 rings (SSSR count). The van der Waals surface area contributed by atoms with Crippen molar-refractivity contribution in [2.24, 2.45) is 0 Å². The molecule has 0 radical (unpaired) electrons. The maximum absolute atomic E-state index is 10.5. The fourth-order valence-corrected chi connectivity index (χ4v) is 0.873. The fourth-order valence-electron chi connectivity index (χ4n) is 0.291. The molecular weight excluding hydrogens is 140 g/mol. The van der Waals surface area contributed by atoms with Crippen LogP contribution in [0.3, 0.4) is 0 Å². The molecule has 0 aliphatic rings. The van der Waals surface area contributed by atoms with E-state index >= 15 is 0 Å². The molecule has 0 aliphatic heterocycles. The summed E-state index contributed by atoms with van der Waals surface area (Å²) in [4.78, 5) is 0. The van der Waals surface area contributed by atoms with E-state index in [1.807, 2.05) is 0 Å². The smallest absolute Gasteiger partial charge is 0.145 e. The molecule has 0 N–H and O–H groups in total. The van der Waals surface area contributed by atoms with Crippen LogP contribution < -0.4 is 0 Å². The molecule has 0 aromatic heterocycles. The summed E-state index contributed by atoms with van der Waals surface area (Å²) in [6.45, 7) is 3.21. The van der Waals surface area contributed by atoms with E-state index in [0.29, 0.717) is 6.42 Å². The SMILES string of the molecule is CCC(C)S(=O)(=O)[N+]#N. The number of hydrogen-bond acceptors (Lipinski definition) is 3. The quantitative estimate of drug-likeness (QED) is 0.549. The second-order valence-corrected chi connectivity index (χ2v) is 3.81. The third-order valence-electron chi connectivity index (χ3n) is 1.20. The molecule has 1 unspecified atom stereocenters. The van der Waals surface area contributed by atoms with Gasteiger partial charge in [-0.1, -0.05) is 6.92 Å². The van der Waals surface area contributed by atoms with Crippen molar-refractivity contribution in [1.29, 1.82) is 5.39 Å². The van der Waals surface area contributed by atoms with E-state index < -0.39 is 15.3 Å². The fraction of sp³-hybridized carbons (Fsp3) is 1.00. The molecule has 0 heterocycles. The van der Waals surface area contributed by atoms with Crippen LogP contribution in [0.5, 0.6) is 0 Å². The zero-order valence-corrected chi connectivity index (χ0v) is 6.22. The molecule has 0 amide bonds. The van der Waals surface area contributed by atoms with E-state index in [1.54, 1.807) is 6.92 Å². The van der Waals surface area contributed by atoms with E-state index in [1.165, 1.54) is 6.92 Å². The van der Waals surface area contributed by atoms with Gasteiger partial charge in [-0.05, 0) is 13.3 Å². The summed E-state index contributed by atoms with van der Waals surface area (Å²) in [6, 6.07) is 0. The van der Waals surface area contributed by atoms with Gasteiger partial charge in [0.2, 0.25) is 5.39 Å². The van der Waals surface area contributed by atoms with Crippen molar-refractivity contribution >= 4 is 10.0 Å². The Morgan fingerprint density at radius 2 is 2.11 bits per heavy atom. The summed E-state index contributed by atoms with van der Waals surface area (Å²) in [6.07, 6.45) is 0.465. The third-order valence-corrected chi connectivity index (χ3v) is 2.78. The van der Waals surface area contributed by atoms with Gasteiger partial charge in [0.05, 0.1) is 0 Å². The van der Waals surface area contributed by atoms with Crippen molar-refractivity contribution in [2.45, 2.75) is 25.5 Å². The van der Waals surface area contributed by atoms with Crippen LogP contribution in [0.15, 0.2) is 0 Å². The molecular formula is C4H9N2O2S+. The van der Waals surface area contributed by atoms with Gasteiger partial charge in [-0.3, -0.25) is 0 Å². The largest absolute Gasteiger partial charge is 0.523 e. The number of diazo groups is 1. The number of nitrogens with zero attached hydrogens (tertiary/aromatic N) is 2. The standard InChI is InChI=1S/C4H9N2O2S/c1-3-4(2)9(7,8)6-5/h4H,3H2,1-2H3/q+1. The predicted octanol–water partition coefficient (Wildman–Crippen LogP) is 0.968. The van der Waals surface area contributed by atoms with Crippen LogP contribution in [-0.4, -0.2) is 13.7 Å². The molecule has 4 nitrogen and oxygen atoms in total. The molecule has 0 saturated heterocycles. The summed E-state index contributed by atoms with van der Waals surface area (Å²) >= 11 is 0. The highest BCUT2D eigenvalue weighted by Crippen LogP contribution is 2.05. The lowest BCUT2D eigenvalue weighted by Crippen LogP contribution is -2.11. The van der Waals surface area contributed by atoms with Crippen LogP contribution in [0, 0.1) is 5.39 Å². The van der Waals surface area contributed by atoms with E-state index in [9.17, 15) is 8.42 Å². The molecule has 0 fully saturated rings. The first-order valence-electron chi connectivity index (χ1n) is 2.64. The summed E-state index contributed by atoms with van der Waals surface area (Å²) < 4.78 is 23.3. The van der Waals surface area contributed by atoms with Crippen molar-refractivity contribution < 1.29 is 8.42 Å². The van der Waals surface area contributed by atoms with Gasteiger partial charge in [-0.25, -0.2) is 0 Å². The van der Waals surface area contributed by atoms with Gasteiger partial charge in [0.15, 0.2) is 0 Å². The molecule has 9 heavy (non-hydrogen) atoms. The Hall–Kier alpha value is -0.630. The highest BCUT2D eigenvalue weighted by molar-refractivity contribution is 7.93. The van der Waals surface area contributed by atoms with Gasteiger partial charge >= 0.3 is 10.0 Å². The Balaban J connectivity index is 4.41. The number of sulfonamides is 1. The average molecular weight is 149 g/mol. The monoisotopic (exact) mass is 149 g/mol. The van der Waals surface area contributed by atoms with E-state index in [2.05, 4.69) is 4.38 Å². The van der Waals surface area contributed by atoms with Gasteiger partial charge in [-0.2, -0.15) is 0 Å². The van der Waals surface area contributed by atoms with Crippen molar-refractivity contribution in [3.05, 3.63) is 4.38 Å². The first-order chi connectivity index (χ1) is 4.04. The normalized spacial score (nSPS) is 14.3. The van der Waals surface area contributed by atoms with Crippen LogP contribution in [0.25, 0.3) is 4.38 Å². The third kappa shape index (κ3) is 1.98. The first kappa shape index (κ1) is 8.37. The van der Waals surface area contributed by atoms with Crippen LogP contribution in [-0.2, 0) is 10.0 Å². The highest BCUT2D eigenvalue weighted by Gasteiger charge is 2.30. The molecule has 0 saturated carbocycles. The predicted molar refractivity (Wildman–Crippen MR) is 33.8 cm³/mol. The van der Waals surface area contributed by atoms with Gasteiger partial charge in [-0.15, -0.1) is 8.42 Å². The lowest BCUT2D eigenvalue weighted by Gasteiger charge is -1.90. The zero-order valence-electron chi connectivity index (χ0n) is 5.40. The Labute approximate surface area is 54.6 Å². The second-order valence-electron chi connectivity index (χ2n) is 1.82. The van der Waals surface area contributed by atoms with E-state index in [-0.39, 0.29) is 0 Å². The zero-order chi connectivity index (χ0) is 7.49. The van der Waals surface area contributed by atoms with Gasteiger partial charge in [0.1, 0.15) is 5.25 Å². The van der Waals surface area contributed by atoms with E-state index in [0.717, 1.165) is 0 Å². The Morgan fingerprint density at radius 3 is 2.22 bits per heavy atom. The lowest BCUT2D eigenvalue weighted by molar-refractivity contribution is 0.589. The second kappa shape index (κ2) is 2.78. The minimum Gasteiger partial charge on any atom is -0.145 e. The molecule has 0 spiro atoms. The first-order valence-corrected chi connectivity index (χ1v) is 4.15. The molecule has 0 aromatic carbocycles. The average Bonchev–Trinajstić information content (AvgIpc) is 1.86. The summed E-state index contributed by atoms with van der Waals surface area (Å²) in [5, 5.41) is 7.35. The number of rotatable bonds is 2. The van der Waals surface area contributed by atoms with E-state index in [4.69, 9.17) is 5.39 Å². The maximum Gasteiger partial charge on any atom is 0.523 e. The molecule has 1 atom stereocenters. The lowest BCUT2D eigenvalue weighted by atomic mass is 10.4. The Bertz CT molecular complexity index is 213. The topological polar surface area (TPSA) is 62.3 Å². The van der Waals surface area contributed by atoms with Crippen LogP contribution in [0.4, 0.5) is 0 Å². The van der Waals surface area contributed by atoms with Gasteiger partial charge in [0.25, 0.3) is 4.38 Å². The summed E-state index contributed by atoms with van der Waals surface area (Å²) in [7, 11) is -3.57. The Morgan fingerprint density at radius 1 is 1.67 bits per heavy atom. The van der Waals surface area contributed by atoms with Crippen LogP contribution in [0.1, 0.15) is 20.3 Å². The highest BCUT2D eigenvalue weighted by atomic mass is 32.2. The minimum atomic E-state index is -3.57. The Kier molecular flexibility index (Phi) is 2.59. The number of hydrogen-bond donors (Lipinski definition) is 0.